The topological polar surface area (TPSA) is 90.2 Å². The van der Waals surface area contributed by atoms with Crippen LogP contribution in [0.1, 0.15) is 11.1 Å². The zero-order chi connectivity index (χ0) is 14.7. The Morgan fingerprint density at radius 2 is 1.60 bits per heavy atom. The highest BCUT2D eigenvalue weighted by Gasteiger charge is 2.08. The largest absolute Gasteiger partial charge is 0.508 e. The summed E-state index contributed by atoms with van der Waals surface area (Å²) in [6.45, 7) is 1.95. The molecule has 106 valence electrons. The van der Waals surface area contributed by atoms with Crippen LogP contribution in [0.5, 0.6) is 28.7 Å². The van der Waals surface area contributed by atoms with Crippen LogP contribution in [0.2, 0.25) is 0 Å². The highest BCUT2D eigenvalue weighted by atomic mass is 16.5. The number of phenols is 4. The van der Waals surface area contributed by atoms with E-state index in [1.165, 1.54) is 24.3 Å². The fourth-order valence-corrected chi connectivity index (χ4v) is 1.84. The summed E-state index contributed by atoms with van der Waals surface area (Å²) in [6, 6.07) is 7.03. The maximum Gasteiger partial charge on any atom is 0.129 e. The number of phenolic OH excluding ortho intramolecular Hbond substituents is 4. The van der Waals surface area contributed by atoms with Gasteiger partial charge in [0.2, 0.25) is 0 Å². The van der Waals surface area contributed by atoms with Crippen molar-refractivity contribution in [2.45, 2.75) is 13.3 Å². The second-order valence-corrected chi connectivity index (χ2v) is 4.50. The Bertz CT molecular complexity index is 622. The molecule has 0 unspecified atom stereocenters. The zero-order valence-corrected chi connectivity index (χ0v) is 11.0. The lowest BCUT2D eigenvalue weighted by molar-refractivity contribution is 0.312. The van der Waals surface area contributed by atoms with Crippen molar-refractivity contribution in [3.8, 4) is 28.7 Å². The third-order valence-electron chi connectivity index (χ3n) is 3.02. The van der Waals surface area contributed by atoms with E-state index in [-0.39, 0.29) is 29.6 Å². The first kappa shape index (κ1) is 13.9. The minimum Gasteiger partial charge on any atom is -0.508 e. The number of ether oxygens (including phenoxy) is 1. The van der Waals surface area contributed by atoms with Crippen molar-refractivity contribution in [3.63, 3.8) is 0 Å². The SMILES string of the molecule is Cc1c(O)cc(O)cc1OCCc1ccc(O)cc1O. The molecule has 0 aliphatic heterocycles. The van der Waals surface area contributed by atoms with Crippen LogP contribution in [0.15, 0.2) is 30.3 Å². The molecule has 4 N–H and O–H groups in total. The first-order chi connectivity index (χ1) is 9.47. The molecule has 20 heavy (non-hydrogen) atoms. The highest BCUT2D eigenvalue weighted by molar-refractivity contribution is 5.48. The molecule has 0 heterocycles. The smallest absolute Gasteiger partial charge is 0.129 e. The van der Waals surface area contributed by atoms with Gasteiger partial charge in [-0.3, -0.25) is 0 Å². The lowest BCUT2D eigenvalue weighted by atomic mass is 10.1. The Hall–Kier alpha value is -2.56. The van der Waals surface area contributed by atoms with E-state index in [1.807, 2.05) is 0 Å². The third kappa shape index (κ3) is 3.06. The van der Waals surface area contributed by atoms with Gasteiger partial charge in [-0.15, -0.1) is 0 Å². The average Bonchev–Trinajstić information content (AvgIpc) is 2.37. The molecule has 2 aromatic carbocycles. The highest BCUT2D eigenvalue weighted by Crippen LogP contribution is 2.32. The quantitative estimate of drug-likeness (QED) is 0.688. The number of benzene rings is 2. The standard InChI is InChI=1S/C15H16O5/c1-9-13(18)7-12(17)8-15(9)20-5-4-10-2-3-11(16)6-14(10)19/h2-3,6-8,16-19H,4-5H2,1H3. The Kier molecular flexibility index (Phi) is 3.89. The average molecular weight is 276 g/mol. The summed E-state index contributed by atoms with van der Waals surface area (Å²) < 4.78 is 5.49. The molecular formula is C15H16O5. The number of hydrogen-bond acceptors (Lipinski definition) is 5. The molecule has 2 rings (SSSR count). The molecule has 5 heteroatoms. The van der Waals surface area contributed by atoms with E-state index < -0.39 is 0 Å². The first-order valence-corrected chi connectivity index (χ1v) is 6.13. The minimum absolute atomic E-state index is 0.000849. The predicted molar refractivity (Wildman–Crippen MR) is 73.5 cm³/mol. The van der Waals surface area contributed by atoms with Gasteiger partial charge in [-0.2, -0.15) is 0 Å². The summed E-state index contributed by atoms with van der Waals surface area (Å²) in [7, 11) is 0. The minimum atomic E-state index is -0.0735. The maximum atomic E-state index is 9.64. The maximum absolute atomic E-state index is 9.64. The summed E-state index contributed by atoms with van der Waals surface area (Å²) >= 11 is 0. The van der Waals surface area contributed by atoms with E-state index >= 15 is 0 Å². The van der Waals surface area contributed by atoms with Gasteiger partial charge >= 0.3 is 0 Å². The summed E-state index contributed by atoms with van der Waals surface area (Å²) in [5.41, 5.74) is 1.18. The second kappa shape index (κ2) is 5.61. The fraction of sp³-hybridized carbons (Fsp3) is 0.200. The van der Waals surface area contributed by atoms with E-state index in [0.717, 1.165) is 0 Å². The van der Waals surface area contributed by atoms with Crippen molar-refractivity contribution >= 4 is 0 Å². The van der Waals surface area contributed by atoms with Crippen LogP contribution in [0.25, 0.3) is 0 Å². The normalized spacial score (nSPS) is 10.4. The van der Waals surface area contributed by atoms with E-state index in [4.69, 9.17) is 4.74 Å². The van der Waals surface area contributed by atoms with Crippen LogP contribution in [-0.4, -0.2) is 27.0 Å². The van der Waals surface area contributed by atoms with Gasteiger partial charge in [-0.1, -0.05) is 6.07 Å². The van der Waals surface area contributed by atoms with Gasteiger partial charge in [0.05, 0.1) is 6.61 Å². The molecule has 0 atom stereocenters. The van der Waals surface area contributed by atoms with Crippen LogP contribution in [-0.2, 0) is 6.42 Å². The molecule has 0 amide bonds. The van der Waals surface area contributed by atoms with E-state index in [9.17, 15) is 20.4 Å². The van der Waals surface area contributed by atoms with Gasteiger partial charge in [0, 0.05) is 30.2 Å². The van der Waals surface area contributed by atoms with Crippen LogP contribution >= 0.6 is 0 Å². The molecule has 5 nitrogen and oxygen atoms in total. The summed E-state index contributed by atoms with van der Waals surface area (Å²) in [5.74, 6) is 0.286. The van der Waals surface area contributed by atoms with Crippen LogP contribution < -0.4 is 4.74 Å². The summed E-state index contributed by atoms with van der Waals surface area (Å²) in [5, 5.41) is 37.8. The molecule has 0 saturated heterocycles. The Morgan fingerprint density at radius 3 is 2.30 bits per heavy atom. The third-order valence-corrected chi connectivity index (χ3v) is 3.02. The molecule has 0 bridgehead atoms. The number of hydrogen-bond donors (Lipinski definition) is 4. The fourth-order valence-electron chi connectivity index (χ4n) is 1.84. The van der Waals surface area contributed by atoms with Gasteiger partial charge in [0.25, 0.3) is 0 Å². The Morgan fingerprint density at radius 1 is 0.900 bits per heavy atom. The number of aromatic hydroxyl groups is 4. The zero-order valence-electron chi connectivity index (χ0n) is 11.0. The molecule has 0 aliphatic carbocycles. The molecule has 0 saturated carbocycles. The van der Waals surface area contributed by atoms with Crippen LogP contribution in [0.3, 0.4) is 0 Å². The predicted octanol–water partition coefficient (Wildman–Crippen LogP) is 2.44. The van der Waals surface area contributed by atoms with Crippen molar-refractivity contribution in [1.29, 1.82) is 0 Å². The summed E-state index contributed by atoms with van der Waals surface area (Å²) in [4.78, 5) is 0. The van der Waals surface area contributed by atoms with Gasteiger partial charge in [0.1, 0.15) is 28.7 Å². The summed E-state index contributed by atoms with van der Waals surface area (Å²) in [6.07, 6.45) is 0.433. The van der Waals surface area contributed by atoms with Gasteiger partial charge < -0.3 is 25.2 Å². The number of rotatable bonds is 4. The monoisotopic (exact) mass is 276 g/mol. The van der Waals surface area contributed by atoms with Crippen molar-refractivity contribution < 1.29 is 25.2 Å². The van der Waals surface area contributed by atoms with Gasteiger partial charge in [-0.05, 0) is 18.6 Å². The molecule has 0 radical (unpaired) electrons. The lowest BCUT2D eigenvalue weighted by Crippen LogP contribution is -2.02. The van der Waals surface area contributed by atoms with Gasteiger partial charge in [0.15, 0.2) is 0 Å². The Labute approximate surface area is 116 Å². The van der Waals surface area contributed by atoms with Crippen molar-refractivity contribution in [2.24, 2.45) is 0 Å². The van der Waals surface area contributed by atoms with E-state index in [2.05, 4.69) is 0 Å². The van der Waals surface area contributed by atoms with Crippen molar-refractivity contribution in [3.05, 3.63) is 41.5 Å². The van der Waals surface area contributed by atoms with Crippen LogP contribution in [0.4, 0.5) is 0 Å². The van der Waals surface area contributed by atoms with E-state index in [0.29, 0.717) is 23.3 Å². The molecule has 0 aromatic heterocycles. The molecular weight excluding hydrogens is 260 g/mol. The van der Waals surface area contributed by atoms with Crippen molar-refractivity contribution in [2.75, 3.05) is 6.61 Å². The Balaban J connectivity index is 2.03. The second-order valence-electron chi connectivity index (χ2n) is 4.50. The van der Waals surface area contributed by atoms with E-state index in [1.54, 1.807) is 13.0 Å². The molecule has 2 aromatic rings. The molecule has 0 aliphatic rings. The lowest BCUT2D eigenvalue weighted by Gasteiger charge is -2.11. The van der Waals surface area contributed by atoms with Gasteiger partial charge in [-0.25, -0.2) is 0 Å². The first-order valence-electron chi connectivity index (χ1n) is 6.13. The van der Waals surface area contributed by atoms with Crippen LogP contribution in [0, 0.1) is 6.92 Å². The van der Waals surface area contributed by atoms with Crippen molar-refractivity contribution in [1.82, 2.24) is 0 Å². The molecule has 0 fully saturated rings. The molecule has 0 spiro atoms.